The van der Waals surface area contributed by atoms with E-state index >= 15 is 0 Å². The average molecular weight is 513 g/mol. The van der Waals surface area contributed by atoms with Crippen LogP contribution in [0.3, 0.4) is 0 Å². The molecule has 0 aromatic heterocycles. The number of hydrogen-bond acceptors (Lipinski definition) is 6. The molecule has 2 fully saturated rings. The van der Waals surface area contributed by atoms with Crippen molar-refractivity contribution in [1.29, 1.82) is 0 Å². The molecule has 7 nitrogen and oxygen atoms in total. The van der Waals surface area contributed by atoms with Crippen LogP contribution in [-0.2, 0) is 25.5 Å². The van der Waals surface area contributed by atoms with Gasteiger partial charge in [-0.05, 0) is 56.8 Å². The summed E-state index contributed by atoms with van der Waals surface area (Å²) < 4.78 is 5.24. The number of carboxylic acids is 1. The Labute approximate surface area is 212 Å². The SMILES string of the molecule is CCOC(=O)[C@H](CSCCc1ccccc1)N[C@H](C)C(=O)N1[C@@H]2CCCC[C@@H]2C[C@H]1C(=O)O.Cl. The van der Waals surface area contributed by atoms with Gasteiger partial charge < -0.3 is 14.7 Å². The molecule has 1 saturated heterocycles. The third-order valence-corrected chi connectivity index (χ3v) is 7.74. The van der Waals surface area contributed by atoms with Gasteiger partial charge in [-0.3, -0.25) is 14.9 Å². The minimum absolute atomic E-state index is 0. The number of ether oxygens (including phenoxy) is 1. The summed E-state index contributed by atoms with van der Waals surface area (Å²) in [5.41, 5.74) is 1.24. The third kappa shape index (κ3) is 7.36. The van der Waals surface area contributed by atoms with Gasteiger partial charge in [0.15, 0.2) is 0 Å². The Morgan fingerprint density at radius 2 is 1.91 bits per heavy atom. The number of aliphatic carboxylic acids is 1. The summed E-state index contributed by atoms with van der Waals surface area (Å²) in [7, 11) is 0. The Morgan fingerprint density at radius 1 is 1.21 bits per heavy atom. The van der Waals surface area contributed by atoms with Crippen molar-refractivity contribution >= 4 is 42.0 Å². The fraction of sp³-hybridized carbons (Fsp3) is 0.640. The van der Waals surface area contributed by atoms with Crippen LogP contribution in [0.25, 0.3) is 0 Å². The topological polar surface area (TPSA) is 95.9 Å². The van der Waals surface area contributed by atoms with E-state index in [2.05, 4.69) is 17.4 Å². The molecule has 2 aliphatic rings. The Kier molecular flexibility index (Phi) is 11.7. The largest absolute Gasteiger partial charge is 0.480 e. The first-order valence-electron chi connectivity index (χ1n) is 12.0. The monoisotopic (exact) mass is 512 g/mol. The highest BCUT2D eigenvalue weighted by atomic mass is 35.5. The van der Waals surface area contributed by atoms with E-state index in [4.69, 9.17) is 4.74 Å². The predicted molar refractivity (Wildman–Crippen MR) is 136 cm³/mol. The molecule has 3 rings (SSSR count). The van der Waals surface area contributed by atoms with Gasteiger partial charge in [0.1, 0.15) is 12.1 Å². The minimum Gasteiger partial charge on any atom is -0.480 e. The van der Waals surface area contributed by atoms with Gasteiger partial charge in [0.2, 0.25) is 5.91 Å². The van der Waals surface area contributed by atoms with E-state index in [1.807, 2.05) is 18.2 Å². The van der Waals surface area contributed by atoms with E-state index in [9.17, 15) is 19.5 Å². The van der Waals surface area contributed by atoms with Crippen molar-refractivity contribution in [1.82, 2.24) is 10.2 Å². The van der Waals surface area contributed by atoms with Gasteiger partial charge in [-0.25, -0.2) is 4.79 Å². The van der Waals surface area contributed by atoms with Gasteiger partial charge in [-0.15, -0.1) is 12.4 Å². The highest BCUT2D eigenvalue weighted by Crippen LogP contribution is 2.40. The summed E-state index contributed by atoms with van der Waals surface area (Å²) >= 11 is 1.64. The quantitative estimate of drug-likeness (QED) is 0.346. The molecule has 2 N–H and O–H groups in total. The number of likely N-dealkylation sites (tertiary alicyclic amines) is 1. The molecule has 1 heterocycles. The molecular formula is C25H37ClN2O5S. The van der Waals surface area contributed by atoms with Crippen LogP contribution in [0.5, 0.6) is 0 Å². The number of fused-ring (bicyclic) bond motifs is 1. The van der Waals surface area contributed by atoms with Gasteiger partial charge in [-0.2, -0.15) is 11.8 Å². The van der Waals surface area contributed by atoms with Gasteiger partial charge in [0, 0.05) is 11.8 Å². The lowest BCUT2D eigenvalue weighted by molar-refractivity contribution is -0.151. The molecule has 1 aliphatic heterocycles. The van der Waals surface area contributed by atoms with Crippen LogP contribution >= 0.6 is 24.2 Å². The lowest BCUT2D eigenvalue weighted by Gasteiger charge is -2.35. The van der Waals surface area contributed by atoms with E-state index in [0.717, 1.165) is 37.9 Å². The Balaban J connectivity index is 0.00000408. The van der Waals surface area contributed by atoms with Crippen LogP contribution in [-0.4, -0.2) is 70.1 Å². The lowest BCUT2D eigenvalue weighted by atomic mass is 9.84. The van der Waals surface area contributed by atoms with Gasteiger partial charge in [-0.1, -0.05) is 43.2 Å². The summed E-state index contributed by atoms with van der Waals surface area (Å²) in [6.07, 6.45) is 5.35. The maximum Gasteiger partial charge on any atom is 0.326 e. The van der Waals surface area contributed by atoms with Crippen molar-refractivity contribution in [2.45, 2.75) is 76.5 Å². The van der Waals surface area contributed by atoms with Crippen LogP contribution in [0.1, 0.15) is 51.5 Å². The van der Waals surface area contributed by atoms with E-state index in [0.29, 0.717) is 12.2 Å². The molecule has 1 aromatic carbocycles. The first-order chi connectivity index (χ1) is 15.9. The highest BCUT2D eigenvalue weighted by Gasteiger charge is 2.48. The van der Waals surface area contributed by atoms with E-state index in [1.165, 1.54) is 5.56 Å². The third-order valence-electron chi connectivity index (χ3n) is 6.68. The molecule has 1 aliphatic carbocycles. The number of benzene rings is 1. The Hall–Kier alpha value is -1.77. The Morgan fingerprint density at radius 3 is 2.59 bits per heavy atom. The molecule has 1 aromatic rings. The zero-order chi connectivity index (χ0) is 23.8. The average Bonchev–Trinajstić information content (AvgIpc) is 3.21. The summed E-state index contributed by atoms with van der Waals surface area (Å²) in [4.78, 5) is 39.4. The predicted octanol–water partition coefficient (Wildman–Crippen LogP) is 3.54. The minimum atomic E-state index is -0.941. The van der Waals surface area contributed by atoms with Gasteiger partial charge >= 0.3 is 11.9 Å². The molecule has 1 amide bonds. The first kappa shape index (κ1) is 28.5. The van der Waals surface area contributed by atoms with Crippen LogP contribution < -0.4 is 5.32 Å². The maximum absolute atomic E-state index is 13.4. The second kappa shape index (κ2) is 14.0. The normalized spacial score (nSPS) is 23.4. The number of carbonyl (C=O) groups excluding carboxylic acids is 2. The smallest absolute Gasteiger partial charge is 0.326 e. The van der Waals surface area contributed by atoms with E-state index in [-0.39, 0.29) is 42.9 Å². The van der Waals surface area contributed by atoms with Crippen molar-refractivity contribution in [2.75, 3.05) is 18.1 Å². The number of halogens is 1. The summed E-state index contributed by atoms with van der Waals surface area (Å²) in [6.45, 7) is 3.75. The van der Waals surface area contributed by atoms with Crippen LogP contribution in [0.15, 0.2) is 30.3 Å². The van der Waals surface area contributed by atoms with Crippen LogP contribution in [0.4, 0.5) is 0 Å². The molecule has 9 heteroatoms. The number of amides is 1. The van der Waals surface area contributed by atoms with Crippen LogP contribution in [0, 0.1) is 5.92 Å². The highest BCUT2D eigenvalue weighted by molar-refractivity contribution is 7.99. The molecule has 0 spiro atoms. The van der Waals surface area contributed by atoms with Crippen molar-refractivity contribution in [2.24, 2.45) is 5.92 Å². The van der Waals surface area contributed by atoms with Crippen molar-refractivity contribution < 1.29 is 24.2 Å². The van der Waals surface area contributed by atoms with E-state index in [1.54, 1.807) is 30.5 Å². The number of hydrogen-bond donors (Lipinski definition) is 2. The number of thioether (sulfide) groups is 1. The molecule has 1 saturated carbocycles. The number of carboxylic acid groups (broad SMARTS) is 1. The second-order valence-electron chi connectivity index (χ2n) is 8.95. The molecular weight excluding hydrogens is 476 g/mol. The molecule has 0 unspecified atom stereocenters. The number of nitrogens with zero attached hydrogens (tertiary/aromatic N) is 1. The fourth-order valence-corrected chi connectivity index (χ4v) is 6.07. The van der Waals surface area contributed by atoms with E-state index < -0.39 is 24.1 Å². The van der Waals surface area contributed by atoms with Gasteiger partial charge in [0.05, 0.1) is 12.6 Å². The van der Waals surface area contributed by atoms with Crippen molar-refractivity contribution in [3.8, 4) is 0 Å². The first-order valence-corrected chi connectivity index (χ1v) is 13.2. The number of rotatable bonds is 11. The molecule has 190 valence electrons. The molecule has 34 heavy (non-hydrogen) atoms. The summed E-state index contributed by atoms with van der Waals surface area (Å²) in [5.74, 6) is 0.0312. The van der Waals surface area contributed by atoms with Crippen molar-refractivity contribution in [3.05, 3.63) is 35.9 Å². The van der Waals surface area contributed by atoms with Crippen LogP contribution in [0.2, 0.25) is 0 Å². The molecule has 5 atom stereocenters. The standard InChI is InChI=1S/C25H36N2O5S.ClH/c1-3-32-25(31)20(16-33-14-13-18-9-5-4-6-10-18)26-17(2)23(28)27-21-12-8-7-11-19(21)15-22(27)24(29)30;/h4-6,9-10,17,19-22,26H,3,7-8,11-16H2,1-2H3,(H,29,30);1H/t17-,19-,20+,21-,22+;/m1./s1. The number of nitrogens with one attached hydrogen (secondary N) is 1. The zero-order valence-electron chi connectivity index (χ0n) is 20.0. The van der Waals surface area contributed by atoms with Crippen molar-refractivity contribution in [3.63, 3.8) is 0 Å². The lowest BCUT2D eigenvalue weighted by Crippen LogP contribution is -2.56. The second-order valence-corrected chi connectivity index (χ2v) is 10.1. The molecule has 0 radical (unpaired) electrons. The Bertz CT molecular complexity index is 812. The number of aryl methyl sites for hydroxylation is 1. The number of carbonyl (C=O) groups is 3. The number of esters is 1. The fourth-order valence-electron chi connectivity index (χ4n) is 5.06. The summed E-state index contributed by atoms with van der Waals surface area (Å²) in [6, 6.07) is 8.07. The molecule has 0 bridgehead atoms. The maximum atomic E-state index is 13.4. The zero-order valence-corrected chi connectivity index (χ0v) is 21.6. The van der Waals surface area contributed by atoms with Gasteiger partial charge in [0.25, 0.3) is 0 Å². The summed E-state index contributed by atoms with van der Waals surface area (Å²) in [5, 5.41) is 12.9.